The lowest BCUT2D eigenvalue weighted by atomic mass is 10.0. The summed E-state index contributed by atoms with van der Waals surface area (Å²) in [6.07, 6.45) is -4.50. The van der Waals surface area contributed by atoms with Crippen molar-refractivity contribution in [2.75, 3.05) is 12.4 Å². The average molecular weight is 396 g/mol. The minimum atomic E-state index is -4.50. The number of alkyl halides is 3. The zero-order valence-corrected chi connectivity index (χ0v) is 14.9. The standard InChI is InChI=1S/C18H15F3N2O3S/c1-26-9-10-6-11(18(19,20)21)2-4-13(10)17(25)22-12-3-5-15-14(7-12)23-16(8-24)27-15/h2-7,24H,8-9H2,1H3,(H,22,25). The van der Waals surface area contributed by atoms with Crippen LogP contribution in [0, 0.1) is 0 Å². The van der Waals surface area contributed by atoms with E-state index in [9.17, 15) is 18.0 Å². The lowest BCUT2D eigenvalue weighted by molar-refractivity contribution is -0.137. The number of methoxy groups -OCH3 is 1. The molecule has 0 unspecified atom stereocenters. The molecule has 2 aromatic carbocycles. The fourth-order valence-corrected chi connectivity index (χ4v) is 3.39. The summed E-state index contributed by atoms with van der Waals surface area (Å²) in [7, 11) is 1.34. The molecule has 1 aromatic heterocycles. The van der Waals surface area contributed by atoms with E-state index >= 15 is 0 Å². The van der Waals surface area contributed by atoms with Gasteiger partial charge in [-0.3, -0.25) is 4.79 Å². The van der Waals surface area contributed by atoms with Crippen molar-refractivity contribution in [3.8, 4) is 0 Å². The lowest BCUT2D eigenvalue weighted by Crippen LogP contribution is -2.16. The summed E-state index contributed by atoms with van der Waals surface area (Å²) in [5, 5.41) is 12.4. The smallest absolute Gasteiger partial charge is 0.389 e. The number of nitrogens with zero attached hydrogens (tertiary/aromatic N) is 1. The molecule has 9 heteroatoms. The van der Waals surface area contributed by atoms with Crippen molar-refractivity contribution in [3.63, 3.8) is 0 Å². The van der Waals surface area contributed by atoms with E-state index in [0.717, 1.165) is 22.9 Å². The predicted molar refractivity (Wildman–Crippen MR) is 95.7 cm³/mol. The van der Waals surface area contributed by atoms with Gasteiger partial charge in [-0.05, 0) is 42.0 Å². The summed E-state index contributed by atoms with van der Waals surface area (Å²) in [5.41, 5.74) is 0.463. The van der Waals surface area contributed by atoms with Crippen molar-refractivity contribution >= 4 is 33.1 Å². The van der Waals surface area contributed by atoms with Gasteiger partial charge in [0.1, 0.15) is 5.01 Å². The van der Waals surface area contributed by atoms with Crippen molar-refractivity contribution < 1.29 is 27.8 Å². The molecule has 1 amide bonds. The summed E-state index contributed by atoms with van der Waals surface area (Å²) in [5.74, 6) is -0.548. The van der Waals surface area contributed by atoms with Crippen molar-refractivity contribution in [2.45, 2.75) is 19.4 Å². The van der Waals surface area contributed by atoms with Gasteiger partial charge in [-0.1, -0.05) is 0 Å². The van der Waals surface area contributed by atoms with Crippen LogP contribution in [0.5, 0.6) is 0 Å². The molecule has 3 rings (SSSR count). The highest BCUT2D eigenvalue weighted by atomic mass is 32.1. The third-order valence-corrected chi connectivity index (χ3v) is 4.82. The van der Waals surface area contributed by atoms with Gasteiger partial charge in [0.15, 0.2) is 0 Å². The zero-order valence-electron chi connectivity index (χ0n) is 14.1. The molecule has 0 saturated heterocycles. The fraction of sp³-hybridized carbons (Fsp3) is 0.222. The second-order valence-electron chi connectivity index (χ2n) is 5.71. The highest BCUT2D eigenvalue weighted by molar-refractivity contribution is 7.18. The maximum absolute atomic E-state index is 12.9. The maximum Gasteiger partial charge on any atom is 0.416 e. The number of carbonyl (C=O) groups excluding carboxylic acids is 1. The molecule has 1 heterocycles. The van der Waals surface area contributed by atoms with Crippen LogP contribution >= 0.6 is 11.3 Å². The number of aliphatic hydroxyl groups excluding tert-OH is 1. The summed E-state index contributed by atoms with van der Waals surface area (Å²) in [6, 6.07) is 7.98. The molecule has 0 aliphatic carbocycles. The molecule has 5 nitrogen and oxygen atoms in total. The molecule has 0 radical (unpaired) electrons. The van der Waals surface area contributed by atoms with Gasteiger partial charge in [-0.25, -0.2) is 4.98 Å². The molecule has 0 fully saturated rings. The molecule has 0 atom stereocenters. The number of benzene rings is 2. The molecule has 0 aliphatic rings. The molecule has 0 bridgehead atoms. The first kappa shape index (κ1) is 19.3. The number of thiazole rings is 1. The van der Waals surface area contributed by atoms with Gasteiger partial charge >= 0.3 is 6.18 Å². The quantitative estimate of drug-likeness (QED) is 0.678. The molecule has 142 valence electrons. The summed E-state index contributed by atoms with van der Waals surface area (Å²) in [4.78, 5) is 16.8. The Bertz CT molecular complexity index is 986. The molecular weight excluding hydrogens is 381 g/mol. The highest BCUT2D eigenvalue weighted by Crippen LogP contribution is 2.31. The minimum absolute atomic E-state index is 0.0965. The van der Waals surface area contributed by atoms with Gasteiger partial charge in [-0.2, -0.15) is 13.2 Å². The van der Waals surface area contributed by atoms with Gasteiger partial charge in [0.05, 0.1) is 29.0 Å². The summed E-state index contributed by atoms with van der Waals surface area (Å²) in [6.45, 7) is -0.301. The highest BCUT2D eigenvalue weighted by Gasteiger charge is 2.31. The Morgan fingerprint density at radius 3 is 2.70 bits per heavy atom. The van der Waals surface area contributed by atoms with Crippen LogP contribution in [0.15, 0.2) is 36.4 Å². The largest absolute Gasteiger partial charge is 0.416 e. The monoisotopic (exact) mass is 396 g/mol. The van der Waals surface area contributed by atoms with E-state index in [2.05, 4.69) is 10.3 Å². The van der Waals surface area contributed by atoms with Crippen LogP contribution in [0.4, 0.5) is 18.9 Å². The van der Waals surface area contributed by atoms with E-state index < -0.39 is 17.6 Å². The first-order valence-corrected chi connectivity index (χ1v) is 8.64. The Kier molecular flexibility index (Phi) is 5.45. The SMILES string of the molecule is COCc1cc(C(F)(F)F)ccc1C(=O)Nc1ccc2sc(CO)nc2c1. The Balaban J connectivity index is 1.88. The van der Waals surface area contributed by atoms with E-state index in [0.29, 0.717) is 16.2 Å². The van der Waals surface area contributed by atoms with Crippen LogP contribution in [0.2, 0.25) is 0 Å². The van der Waals surface area contributed by atoms with Gasteiger partial charge in [0, 0.05) is 18.4 Å². The minimum Gasteiger partial charge on any atom is -0.389 e. The zero-order chi connectivity index (χ0) is 19.6. The second-order valence-corrected chi connectivity index (χ2v) is 6.82. The third kappa shape index (κ3) is 4.26. The Labute approximate surface area is 156 Å². The maximum atomic E-state index is 12.9. The van der Waals surface area contributed by atoms with Crippen LogP contribution < -0.4 is 5.32 Å². The number of fused-ring (bicyclic) bond motifs is 1. The fourth-order valence-electron chi connectivity index (χ4n) is 2.59. The normalized spacial score (nSPS) is 11.7. The van der Waals surface area contributed by atoms with E-state index in [4.69, 9.17) is 9.84 Å². The molecule has 0 aliphatic heterocycles. The van der Waals surface area contributed by atoms with E-state index in [-0.39, 0.29) is 24.3 Å². The molecule has 3 aromatic rings. The Morgan fingerprint density at radius 1 is 1.26 bits per heavy atom. The third-order valence-electron chi connectivity index (χ3n) is 3.80. The van der Waals surface area contributed by atoms with Gasteiger partial charge in [0.2, 0.25) is 0 Å². The number of nitrogens with one attached hydrogen (secondary N) is 1. The predicted octanol–water partition coefficient (Wildman–Crippen LogP) is 4.21. The van der Waals surface area contributed by atoms with Crippen LogP contribution in [-0.2, 0) is 24.1 Å². The van der Waals surface area contributed by atoms with Crippen LogP contribution in [0.3, 0.4) is 0 Å². The van der Waals surface area contributed by atoms with Crippen molar-refractivity contribution in [1.29, 1.82) is 0 Å². The van der Waals surface area contributed by atoms with Crippen LogP contribution in [-0.4, -0.2) is 23.1 Å². The number of halogens is 3. The number of amides is 1. The topological polar surface area (TPSA) is 71.5 Å². The second kappa shape index (κ2) is 7.63. The van der Waals surface area contributed by atoms with Crippen molar-refractivity contribution in [3.05, 3.63) is 58.1 Å². The number of carbonyl (C=O) groups is 1. The molecule has 2 N–H and O–H groups in total. The number of rotatable bonds is 5. The van der Waals surface area contributed by atoms with Gasteiger partial charge in [0.25, 0.3) is 5.91 Å². The Morgan fingerprint density at radius 2 is 2.04 bits per heavy atom. The lowest BCUT2D eigenvalue weighted by Gasteiger charge is -2.13. The number of ether oxygens (including phenoxy) is 1. The number of hydrogen-bond acceptors (Lipinski definition) is 5. The molecular formula is C18H15F3N2O3S. The van der Waals surface area contributed by atoms with Crippen LogP contribution in [0.1, 0.15) is 26.5 Å². The van der Waals surface area contributed by atoms with E-state index in [1.165, 1.54) is 18.4 Å². The molecule has 0 saturated carbocycles. The van der Waals surface area contributed by atoms with Crippen molar-refractivity contribution in [1.82, 2.24) is 4.98 Å². The Hall–Kier alpha value is -2.49. The number of anilines is 1. The summed E-state index contributed by atoms with van der Waals surface area (Å²) >= 11 is 1.34. The number of aromatic nitrogens is 1. The van der Waals surface area contributed by atoms with Gasteiger partial charge < -0.3 is 15.2 Å². The first-order chi connectivity index (χ1) is 12.8. The van der Waals surface area contributed by atoms with Gasteiger partial charge in [-0.15, -0.1) is 11.3 Å². The number of aliphatic hydroxyl groups is 1. The molecule has 0 spiro atoms. The number of hydrogen-bond donors (Lipinski definition) is 2. The van der Waals surface area contributed by atoms with Crippen molar-refractivity contribution in [2.24, 2.45) is 0 Å². The van der Waals surface area contributed by atoms with E-state index in [1.54, 1.807) is 18.2 Å². The van der Waals surface area contributed by atoms with E-state index in [1.807, 2.05) is 0 Å². The summed E-state index contributed by atoms with van der Waals surface area (Å²) < 4.78 is 44.5. The average Bonchev–Trinajstić information content (AvgIpc) is 3.03. The van der Waals surface area contributed by atoms with Crippen LogP contribution in [0.25, 0.3) is 10.2 Å². The molecule has 27 heavy (non-hydrogen) atoms. The first-order valence-electron chi connectivity index (χ1n) is 7.82.